The van der Waals surface area contributed by atoms with E-state index < -0.39 is 0 Å². The third-order valence-electron chi connectivity index (χ3n) is 10.1. The highest BCUT2D eigenvalue weighted by Crippen LogP contribution is 2.70. The first kappa shape index (κ1) is 20.7. The third kappa shape index (κ3) is 2.96. The van der Waals surface area contributed by atoms with E-state index in [0.717, 1.165) is 18.8 Å². The normalized spacial score (nSPS) is 47.3. The van der Waals surface area contributed by atoms with Gasteiger partial charge in [-0.15, -0.1) is 0 Å². The van der Waals surface area contributed by atoms with Gasteiger partial charge < -0.3 is 9.47 Å². The highest BCUT2D eigenvalue weighted by atomic mass is 16.6. The summed E-state index contributed by atoms with van der Waals surface area (Å²) in [7, 11) is 0. The number of fused-ring (bicyclic) bond motifs is 8. The molecule has 1 aliphatic heterocycles. The second kappa shape index (κ2) is 7.18. The van der Waals surface area contributed by atoms with Crippen LogP contribution in [0.1, 0.15) is 79.1 Å². The van der Waals surface area contributed by atoms with Crippen molar-refractivity contribution in [3.05, 3.63) is 11.6 Å². The lowest BCUT2D eigenvalue weighted by Crippen LogP contribution is -2.53. The predicted molar refractivity (Wildman–Crippen MR) is 115 cm³/mol. The Morgan fingerprint density at radius 1 is 1.23 bits per heavy atom. The maximum atomic E-state index is 12.1. The molecule has 1 heterocycles. The summed E-state index contributed by atoms with van der Waals surface area (Å²) in [6.45, 7) is 9.68. The lowest BCUT2D eigenvalue weighted by molar-refractivity contribution is -0.143. The number of carbonyl (C=O) groups excluding carboxylic acids is 2. The van der Waals surface area contributed by atoms with E-state index in [4.69, 9.17) is 9.47 Å². The highest BCUT2D eigenvalue weighted by molar-refractivity contribution is 5.92. The molecule has 0 aromatic carbocycles. The van der Waals surface area contributed by atoms with Crippen LogP contribution in [-0.2, 0) is 19.1 Å². The topological polar surface area (TPSA) is 55.9 Å². The van der Waals surface area contributed by atoms with E-state index in [1.807, 2.05) is 13.0 Å². The Kier molecular flexibility index (Phi) is 4.96. The first-order chi connectivity index (χ1) is 14.3. The van der Waals surface area contributed by atoms with Crippen LogP contribution in [0.2, 0.25) is 0 Å². The summed E-state index contributed by atoms with van der Waals surface area (Å²) in [6.07, 6.45) is 10.8. The molecular weight excluding hydrogens is 376 g/mol. The zero-order valence-corrected chi connectivity index (χ0v) is 19.1. The van der Waals surface area contributed by atoms with Gasteiger partial charge in [0, 0.05) is 12.8 Å². The number of esters is 1. The average molecular weight is 415 g/mol. The molecule has 0 bridgehead atoms. The summed E-state index contributed by atoms with van der Waals surface area (Å²) < 4.78 is 11.5. The van der Waals surface area contributed by atoms with Gasteiger partial charge in [0.2, 0.25) is 0 Å². The number of epoxide rings is 1. The fourth-order valence-electron chi connectivity index (χ4n) is 8.56. The quantitative estimate of drug-likeness (QED) is 0.464. The van der Waals surface area contributed by atoms with Gasteiger partial charge in [-0.25, -0.2) is 0 Å². The van der Waals surface area contributed by atoms with E-state index in [1.165, 1.54) is 31.3 Å². The number of ether oxygens (including phenoxy) is 2. The fraction of sp³-hybridized carbons (Fsp3) is 0.846. The fourth-order valence-corrected chi connectivity index (χ4v) is 8.56. The summed E-state index contributed by atoms with van der Waals surface area (Å²) in [6, 6.07) is 0. The SMILES string of the molecule is CCOC(=O)CC[C@@H](C)[C@H]1CC[C@H]2[C@@H]3[C@@H]4O[C@@H]4C4=CC(=O)CC[C@]4(C)[C@H]3CC[C@]12C. The molecule has 0 amide bonds. The van der Waals surface area contributed by atoms with Gasteiger partial charge in [-0.3, -0.25) is 9.59 Å². The number of carbonyl (C=O) groups is 2. The molecule has 0 radical (unpaired) electrons. The summed E-state index contributed by atoms with van der Waals surface area (Å²) >= 11 is 0. The first-order valence-corrected chi connectivity index (χ1v) is 12.4. The molecule has 9 atom stereocenters. The predicted octanol–water partition coefficient (Wildman–Crippen LogP) is 5.10. The minimum Gasteiger partial charge on any atom is -0.466 e. The molecule has 0 aromatic rings. The van der Waals surface area contributed by atoms with Gasteiger partial charge >= 0.3 is 5.97 Å². The molecule has 30 heavy (non-hydrogen) atoms. The number of hydrogen-bond acceptors (Lipinski definition) is 4. The number of rotatable bonds is 5. The maximum Gasteiger partial charge on any atom is 0.305 e. The van der Waals surface area contributed by atoms with E-state index in [0.29, 0.717) is 60.4 Å². The Hall–Kier alpha value is -1.16. The van der Waals surface area contributed by atoms with Gasteiger partial charge in [-0.2, -0.15) is 0 Å². The van der Waals surface area contributed by atoms with E-state index in [9.17, 15) is 9.59 Å². The van der Waals surface area contributed by atoms with Crippen LogP contribution in [0.3, 0.4) is 0 Å². The van der Waals surface area contributed by atoms with Crippen molar-refractivity contribution in [3.8, 4) is 0 Å². The van der Waals surface area contributed by atoms with Gasteiger partial charge in [-0.1, -0.05) is 20.8 Å². The Balaban J connectivity index is 1.35. The molecule has 0 spiro atoms. The van der Waals surface area contributed by atoms with Crippen LogP contribution in [-0.4, -0.2) is 30.6 Å². The lowest BCUT2D eigenvalue weighted by atomic mass is 9.46. The van der Waals surface area contributed by atoms with Crippen LogP contribution >= 0.6 is 0 Å². The van der Waals surface area contributed by atoms with Crippen molar-refractivity contribution in [3.63, 3.8) is 0 Å². The van der Waals surface area contributed by atoms with Gasteiger partial charge in [0.1, 0.15) is 6.10 Å². The minimum atomic E-state index is -0.0478. The average Bonchev–Trinajstić information content (AvgIpc) is 3.42. The monoisotopic (exact) mass is 414 g/mol. The van der Waals surface area contributed by atoms with Crippen molar-refractivity contribution in [1.82, 2.24) is 0 Å². The lowest BCUT2D eigenvalue weighted by Gasteiger charge is -2.57. The van der Waals surface area contributed by atoms with Crippen molar-refractivity contribution < 1.29 is 19.1 Å². The van der Waals surface area contributed by atoms with Crippen molar-refractivity contribution in [2.24, 2.45) is 40.4 Å². The molecule has 5 aliphatic rings. The zero-order valence-electron chi connectivity index (χ0n) is 19.1. The number of ketones is 1. The van der Waals surface area contributed by atoms with Crippen LogP contribution in [0, 0.1) is 40.4 Å². The Morgan fingerprint density at radius 2 is 2.03 bits per heavy atom. The summed E-state index contributed by atoms with van der Waals surface area (Å²) in [4.78, 5) is 24.0. The first-order valence-electron chi connectivity index (χ1n) is 12.4. The smallest absolute Gasteiger partial charge is 0.305 e. The molecule has 4 nitrogen and oxygen atoms in total. The van der Waals surface area contributed by atoms with E-state index in [-0.39, 0.29) is 17.5 Å². The molecule has 4 fully saturated rings. The molecule has 0 aromatic heterocycles. The highest BCUT2D eigenvalue weighted by Gasteiger charge is 2.69. The van der Waals surface area contributed by atoms with E-state index in [1.54, 1.807) is 0 Å². The zero-order chi connectivity index (χ0) is 21.3. The Morgan fingerprint density at radius 3 is 2.80 bits per heavy atom. The van der Waals surface area contributed by atoms with Crippen molar-refractivity contribution in [1.29, 1.82) is 0 Å². The van der Waals surface area contributed by atoms with Gasteiger partial charge in [0.15, 0.2) is 5.78 Å². The largest absolute Gasteiger partial charge is 0.466 e. The van der Waals surface area contributed by atoms with Crippen LogP contribution in [0.4, 0.5) is 0 Å². The molecule has 4 heteroatoms. The molecule has 4 aliphatic carbocycles. The van der Waals surface area contributed by atoms with Crippen molar-refractivity contribution in [2.45, 2.75) is 91.3 Å². The minimum absolute atomic E-state index is 0.0478. The van der Waals surface area contributed by atoms with Crippen LogP contribution in [0.5, 0.6) is 0 Å². The second-order valence-electron chi connectivity index (χ2n) is 11.3. The second-order valence-corrected chi connectivity index (χ2v) is 11.3. The summed E-state index contributed by atoms with van der Waals surface area (Å²) in [5.41, 5.74) is 1.84. The third-order valence-corrected chi connectivity index (χ3v) is 10.1. The van der Waals surface area contributed by atoms with Gasteiger partial charge in [-0.05, 0) is 97.5 Å². The van der Waals surface area contributed by atoms with E-state index in [2.05, 4.69) is 20.8 Å². The number of hydrogen-bond donors (Lipinski definition) is 0. The van der Waals surface area contributed by atoms with Gasteiger partial charge in [0.05, 0.1) is 12.7 Å². The van der Waals surface area contributed by atoms with E-state index >= 15 is 0 Å². The molecule has 0 unspecified atom stereocenters. The Labute approximate surface area is 181 Å². The summed E-state index contributed by atoms with van der Waals surface area (Å²) in [5, 5.41) is 0. The van der Waals surface area contributed by atoms with Crippen LogP contribution in [0.25, 0.3) is 0 Å². The molecular formula is C26H38O4. The van der Waals surface area contributed by atoms with Crippen LogP contribution < -0.4 is 0 Å². The summed E-state index contributed by atoms with van der Waals surface area (Å²) in [5.74, 6) is 3.52. The molecule has 5 rings (SSSR count). The van der Waals surface area contributed by atoms with Crippen molar-refractivity contribution in [2.75, 3.05) is 6.61 Å². The molecule has 166 valence electrons. The molecule has 1 saturated heterocycles. The van der Waals surface area contributed by atoms with Crippen LogP contribution in [0.15, 0.2) is 11.6 Å². The van der Waals surface area contributed by atoms with Crippen molar-refractivity contribution >= 4 is 11.8 Å². The maximum absolute atomic E-state index is 12.1. The standard InChI is InChI=1S/C26H38O4/c1-5-29-21(28)9-6-15(2)17-7-8-18-22-19(11-13-25(17,18)3)26(4)12-10-16(27)14-20(26)23-24(22)30-23/h14-15,17-19,22-24H,5-13H2,1-4H3/t15-,17-,18+,19+,22+,23-,24+,25-,26-/m1/s1. The van der Waals surface area contributed by atoms with Gasteiger partial charge in [0.25, 0.3) is 0 Å². The molecule has 3 saturated carbocycles. The molecule has 0 N–H and O–H groups in total. The Bertz CT molecular complexity index is 771.